The zero-order valence-electron chi connectivity index (χ0n) is 11.7. The summed E-state index contributed by atoms with van der Waals surface area (Å²) in [5.74, 6) is 1.36. The van der Waals surface area contributed by atoms with Gasteiger partial charge in [0.05, 0.1) is 12.0 Å². The summed E-state index contributed by atoms with van der Waals surface area (Å²) in [6.45, 7) is 2.65. The van der Waals surface area contributed by atoms with Crippen molar-refractivity contribution in [3.63, 3.8) is 0 Å². The smallest absolute Gasteiger partial charge is 0.301 e. The van der Waals surface area contributed by atoms with Gasteiger partial charge in [-0.05, 0) is 37.3 Å². The maximum Gasteiger partial charge on any atom is 0.301 e. The van der Waals surface area contributed by atoms with Crippen molar-refractivity contribution < 1.29 is 9.66 Å². The highest BCUT2D eigenvalue weighted by atomic mass is 32.2. The minimum absolute atomic E-state index is 0.00234. The highest BCUT2D eigenvalue weighted by Crippen LogP contribution is 2.34. The minimum atomic E-state index is -0.422. The molecule has 0 unspecified atom stereocenters. The predicted octanol–water partition coefficient (Wildman–Crippen LogP) is 3.58. The Hall–Kier alpha value is -2.28. The van der Waals surface area contributed by atoms with Gasteiger partial charge in [-0.3, -0.25) is 10.1 Å². The van der Waals surface area contributed by atoms with Crippen molar-refractivity contribution in [3.8, 4) is 5.75 Å². The summed E-state index contributed by atoms with van der Waals surface area (Å²) in [6, 6.07) is 10.4. The lowest BCUT2D eigenvalue weighted by atomic mass is 10.3. The molecule has 1 N–H and O–H groups in total. The fourth-order valence-corrected chi connectivity index (χ4v) is 2.57. The molecule has 0 bridgehead atoms. The molecule has 0 saturated heterocycles. The van der Waals surface area contributed by atoms with E-state index in [1.54, 1.807) is 13.2 Å². The molecule has 1 heterocycles. The lowest BCUT2D eigenvalue weighted by molar-refractivity contribution is -0.388. The van der Waals surface area contributed by atoms with Crippen molar-refractivity contribution >= 4 is 23.3 Å². The molecular weight excluding hydrogens is 290 g/mol. The SMILES string of the molecule is CCNc1ccc([N+](=O)[O-])c(Sc2ccc(OC)cc2)n1. The Bertz CT molecular complexity index is 632. The number of nitrogens with one attached hydrogen (secondary N) is 1. The Morgan fingerprint density at radius 3 is 2.57 bits per heavy atom. The van der Waals surface area contributed by atoms with Gasteiger partial charge in [-0.1, -0.05) is 11.8 Å². The van der Waals surface area contributed by atoms with E-state index in [-0.39, 0.29) is 5.69 Å². The van der Waals surface area contributed by atoms with Crippen LogP contribution in [0.1, 0.15) is 6.92 Å². The molecule has 2 aromatic rings. The molecule has 0 amide bonds. The van der Waals surface area contributed by atoms with Crippen LogP contribution in [0.3, 0.4) is 0 Å². The van der Waals surface area contributed by atoms with Crippen LogP contribution in [-0.4, -0.2) is 23.6 Å². The fraction of sp³-hybridized carbons (Fsp3) is 0.214. The molecule has 0 aliphatic rings. The van der Waals surface area contributed by atoms with Crippen LogP contribution in [-0.2, 0) is 0 Å². The number of anilines is 1. The number of rotatable bonds is 6. The minimum Gasteiger partial charge on any atom is -0.497 e. The number of nitrogens with zero attached hydrogens (tertiary/aromatic N) is 2. The number of hydrogen-bond acceptors (Lipinski definition) is 6. The quantitative estimate of drug-likeness (QED) is 0.649. The zero-order chi connectivity index (χ0) is 15.2. The lowest BCUT2D eigenvalue weighted by Gasteiger charge is -2.07. The number of pyridine rings is 1. The van der Waals surface area contributed by atoms with E-state index >= 15 is 0 Å². The molecule has 1 aromatic carbocycles. The van der Waals surface area contributed by atoms with Crippen molar-refractivity contribution in [3.05, 3.63) is 46.5 Å². The van der Waals surface area contributed by atoms with E-state index in [9.17, 15) is 10.1 Å². The topological polar surface area (TPSA) is 77.3 Å². The van der Waals surface area contributed by atoms with Gasteiger partial charge in [-0.2, -0.15) is 0 Å². The second-order valence-electron chi connectivity index (χ2n) is 4.09. The number of nitro groups is 1. The third-order valence-corrected chi connectivity index (χ3v) is 3.67. The van der Waals surface area contributed by atoms with Gasteiger partial charge in [0, 0.05) is 17.5 Å². The summed E-state index contributed by atoms with van der Waals surface area (Å²) in [4.78, 5) is 15.8. The molecule has 6 nitrogen and oxygen atoms in total. The van der Waals surface area contributed by atoms with Crippen LogP contribution in [0.2, 0.25) is 0 Å². The molecule has 0 spiro atoms. The van der Waals surface area contributed by atoms with Crippen LogP contribution in [0, 0.1) is 10.1 Å². The van der Waals surface area contributed by atoms with Gasteiger partial charge in [0.25, 0.3) is 0 Å². The third kappa shape index (κ3) is 3.85. The number of aromatic nitrogens is 1. The number of ether oxygens (including phenoxy) is 1. The van der Waals surface area contributed by atoms with Crippen molar-refractivity contribution in [1.82, 2.24) is 4.98 Å². The van der Waals surface area contributed by atoms with E-state index in [4.69, 9.17) is 4.74 Å². The van der Waals surface area contributed by atoms with Crippen LogP contribution < -0.4 is 10.1 Å². The predicted molar refractivity (Wildman–Crippen MR) is 82.2 cm³/mol. The molecule has 0 aliphatic heterocycles. The van der Waals surface area contributed by atoms with Crippen molar-refractivity contribution in [2.75, 3.05) is 19.0 Å². The van der Waals surface area contributed by atoms with E-state index in [2.05, 4.69) is 10.3 Å². The van der Waals surface area contributed by atoms with Gasteiger partial charge in [-0.25, -0.2) is 4.98 Å². The number of benzene rings is 1. The number of methoxy groups -OCH3 is 1. The average Bonchev–Trinajstić information content (AvgIpc) is 2.48. The van der Waals surface area contributed by atoms with Crippen LogP contribution in [0.25, 0.3) is 0 Å². The van der Waals surface area contributed by atoms with Crippen molar-refractivity contribution in [1.29, 1.82) is 0 Å². The molecule has 1 aromatic heterocycles. The highest BCUT2D eigenvalue weighted by molar-refractivity contribution is 7.99. The molecule has 0 atom stereocenters. The normalized spacial score (nSPS) is 10.2. The summed E-state index contributed by atoms with van der Waals surface area (Å²) >= 11 is 1.25. The van der Waals surface area contributed by atoms with E-state index in [1.807, 2.05) is 31.2 Å². The van der Waals surface area contributed by atoms with E-state index in [0.29, 0.717) is 17.4 Å². The van der Waals surface area contributed by atoms with Gasteiger partial charge >= 0.3 is 5.69 Å². The first-order valence-corrected chi connectivity index (χ1v) is 7.17. The zero-order valence-corrected chi connectivity index (χ0v) is 12.5. The third-order valence-electron chi connectivity index (χ3n) is 2.67. The molecule has 0 saturated carbocycles. The Kier molecular flexibility index (Phi) is 4.99. The molecule has 7 heteroatoms. The summed E-state index contributed by atoms with van der Waals surface area (Å²) in [5.41, 5.74) is -0.00234. The van der Waals surface area contributed by atoms with Crippen molar-refractivity contribution in [2.45, 2.75) is 16.8 Å². The van der Waals surface area contributed by atoms with E-state index < -0.39 is 4.92 Å². The largest absolute Gasteiger partial charge is 0.497 e. The van der Waals surface area contributed by atoms with Gasteiger partial charge in [0.1, 0.15) is 11.6 Å². The van der Waals surface area contributed by atoms with Crippen LogP contribution >= 0.6 is 11.8 Å². The van der Waals surface area contributed by atoms with Gasteiger partial charge < -0.3 is 10.1 Å². The van der Waals surface area contributed by atoms with Crippen LogP contribution in [0.4, 0.5) is 11.5 Å². The van der Waals surface area contributed by atoms with Gasteiger partial charge in [0.2, 0.25) is 0 Å². The molecular formula is C14H15N3O3S. The second kappa shape index (κ2) is 6.94. The second-order valence-corrected chi connectivity index (χ2v) is 5.15. The van der Waals surface area contributed by atoms with E-state index in [0.717, 1.165) is 10.6 Å². The molecule has 0 fully saturated rings. The first-order valence-electron chi connectivity index (χ1n) is 6.35. The average molecular weight is 305 g/mol. The molecule has 0 radical (unpaired) electrons. The first kappa shape index (κ1) is 15.1. The molecule has 0 aliphatic carbocycles. The van der Waals surface area contributed by atoms with Gasteiger partial charge in [-0.15, -0.1) is 0 Å². The monoisotopic (exact) mass is 305 g/mol. The lowest BCUT2D eigenvalue weighted by Crippen LogP contribution is -2.01. The first-order chi connectivity index (χ1) is 10.1. The summed E-state index contributed by atoms with van der Waals surface area (Å²) in [6.07, 6.45) is 0. The molecule has 2 rings (SSSR count). The standard InChI is InChI=1S/C14H15N3O3S/c1-3-15-13-9-8-12(17(18)19)14(16-13)21-11-6-4-10(20-2)5-7-11/h4-9H,3H2,1-2H3,(H,15,16). The Morgan fingerprint density at radius 1 is 1.29 bits per heavy atom. The Morgan fingerprint density at radius 2 is 2.00 bits per heavy atom. The Labute approximate surface area is 126 Å². The summed E-state index contributed by atoms with van der Waals surface area (Å²) in [7, 11) is 1.59. The van der Waals surface area contributed by atoms with E-state index in [1.165, 1.54) is 17.8 Å². The molecule has 110 valence electrons. The van der Waals surface area contributed by atoms with Crippen LogP contribution in [0.5, 0.6) is 5.75 Å². The molecule has 21 heavy (non-hydrogen) atoms. The fourth-order valence-electron chi connectivity index (χ4n) is 1.68. The maximum atomic E-state index is 11.1. The van der Waals surface area contributed by atoms with Gasteiger partial charge in [0.15, 0.2) is 5.03 Å². The van der Waals surface area contributed by atoms with Crippen molar-refractivity contribution in [2.24, 2.45) is 0 Å². The summed E-state index contributed by atoms with van der Waals surface area (Å²) < 4.78 is 5.09. The number of hydrogen-bond donors (Lipinski definition) is 1. The highest BCUT2D eigenvalue weighted by Gasteiger charge is 2.17. The summed E-state index contributed by atoms with van der Waals surface area (Å²) in [5, 5.41) is 14.5. The van der Waals surface area contributed by atoms with Crippen LogP contribution in [0.15, 0.2) is 46.3 Å². The Balaban J connectivity index is 2.30. The maximum absolute atomic E-state index is 11.1.